The van der Waals surface area contributed by atoms with E-state index in [0.29, 0.717) is 5.41 Å². The van der Waals surface area contributed by atoms with Crippen molar-refractivity contribution in [3.63, 3.8) is 0 Å². The van der Waals surface area contributed by atoms with Gasteiger partial charge in [-0.05, 0) is 24.0 Å². The molecule has 0 aromatic heterocycles. The third-order valence-electron chi connectivity index (χ3n) is 2.96. The molecule has 0 radical (unpaired) electrons. The van der Waals surface area contributed by atoms with Crippen LogP contribution >= 0.6 is 0 Å². The molecule has 2 heteroatoms. The van der Waals surface area contributed by atoms with Crippen LogP contribution in [0.25, 0.3) is 0 Å². The highest BCUT2D eigenvalue weighted by Crippen LogP contribution is 2.34. The maximum Gasteiger partial charge on any atom is 0.0800 e. The fourth-order valence-electron chi connectivity index (χ4n) is 2.06. The van der Waals surface area contributed by atoms with Gasteiger partial charge in [-0.15, -0.1) is 0 Å². The minimum Gasteiger partial charge on any atom is -1.00 e. The van der Waals surface area contributed by atoms with E-state index in [2.05, 4.69) is 36.9 Å². The number of benzene rings is 1. The van der Waals surface area contributed by atoms with E-state index in [1.807, 2.05) is 0 Å². The summed E-state index contributed by atoms with van der Waals surface area (Å²) in [5.74, 6) is 0. The average Bonchev–Trinajstić information content (AvgIpc) is 2.42. The molecule has 1 aliphatic carbocycles. The van der Waals surface area contributed by atoms with Gasteiger partial charge < -0.3 is 18.1 Å². The molecule has 0 unspecified atom stereocenters. The van der Waals surface area contributed by atoms with Crippen LogP contribution in [0.3, 0.4) is 0 Å². The molecular weight excluding hydrogens is 182 g/mol. The normalized spacial score (nSPS) is 17.7. The Bertz CT molecular complexity index is 271. The van der Waals surface area contributed by atoms with Crippen LogP contribution < -0.4 is 18.1 Å². The van der Waals surface area contributed by atoms with E-state index >= 15 is 0 Å². The van der Waals surface area contributed by atoms with Gasteiger partial charge in [-0.3, -0.25) is 0 Å². The first-order chi connectivity index (χ1) is 5.73. The quantitative estimate of drug-likeness (QED) is 0.542. The lowest BCUT2D eigenvalue weighted by atomic mass is 9.88. The highest BCUT2D eigenvalue weighted by Gasteiger charge is 2.32. The molecule has 0 saturated heterocycles. The Balaban J connectivity index is 0.000000845. The molecule has 72 valence electrons. The van der Waals surface area contributed by atoms with E-state index < -0.39 is 0 Å². The predicted molar refractivity (Wildman–Crippen MR) is 49.7 cm³/mol. The van der Waals surface area contributed by atoms with Crippen molar-refractivity contribution in [1.82, 2.24) is 0 Å². The van der Waals surface area contributed by atoms with E-state index in [1.54, 1.807) is 0 Å². The molecule has 0 bridgehead atoms. The first kappa shape index (κ1) is 10.6. The van der Waals surface area contributed by atoms with Crippen molar-refractivity contribution in [3.8, 4) is 0 Å². The number of hydrogen-bond donors (Lipinski definition) is 1. The Hall–Kier alpha value is -0.530. The van der Waals surface area contributed by atoms with Gasteiger partial charge in [0.25, 0.3) is 0 Å². The van der Waals surface area contributed by atoms with Crippen LogP contribution in [-0.4, -0.2) is 6.54 Å². The lowest BCUT2D eigenvalue weighted by molar-refractivity contribution is -0.390. The molecule has 1 aromatic carbocycles. The van der Waals surface area contributed by atoms with Gasteiger partial charge in [-0.25, -0.2) is 0 Å². The summed E-state index contributed by atoms with van der Waals surface area (Å²) in [5, 5.41) is 0. The number of rotatable bonds is 1. The van der Waals surface area contributed by atoms with Gasteiger partial charge in [0.1, 0.15) is 0 Å². The molecule has 13 heavy (non-hydrogen) atoms. The average molecular weight is 198 g/mol. The second kappa shape index (κ2) is 3.69. The van der Waals surface area contributed by atoms with Crippen LogP contribution in [0.15, 0.2) is 24.3 Å². The lowest BCUT2D eigenvalue weighted by Gasteiger charge is -2.17. The largest absolute Gasteiger partial charge is 1.00 e. The summed E-state index contributed by atoms with van der Waals surface area (Å²) in [4.78, 5) is 0. The molecule has 0 amide bonds. The van der Waals surface area contributed by atoms with Crippen LogP contribution in [0.5, 0.6) is 0 Å². The van der Waals surface area contributed by atoms with Crippen LogP contribution in [0.2, 0.25) is 0 Å². The Morgan fingerprint density at radius 3 is 2.08 bits per heavy atom. The Kier molecular flexibility index (Phi) is 2.99. The summed E-state index contributed by atoms with van der Waals surface area (Å²) in [7, 11) is 0. The molecule has 1 nitrogen and oxygen atoms in total. The maximum atomic E-state index is 4.02. The smallest absolute Gasteiger partial charge is 0.0800 e. The molecule has 0 spiro atoms. The zero-order valence-electron chi connectivity index (χ0n) is 8.02. The van der Waals surface area contributed by atoms with Crippen molar-refractivity contribution in [2.75, 3.05) is 6.54 Å². The van der Waals surface area contributed by atoms with Crippen molar-refractivity contribution < 1.29 is 18.1 Å². The fourth-order valence-corrected chi connectivity index (χ4v) is 2.06. The zero-order valence-corrected chi connectivity index (χ0v) is 8.77. The molecule has 0 fully saturated rings. The second-order valence-electron chi connectivity index (χ2n) is 4.18. The topological polar surface area (TPSA) is 27.6 Å². The van der Waals surface area contributed by atoms with Crippen molar-refractivity contribution in [3.05, 3.63) is 35.4 Å². The number of halogens is 1. The Morgan fingerprint density at radius 1 is 1.23 bits per heavy atom. The summed E-state index contributed by atoms with van der Waals surface area (Å²) in [6.07, 6.45) is 2.43. The SMILES string of the molecule is CC1(C[NH3+])Cc2ccccc2C1.[Cl-]. The minimum absolute atomic E-state index is 0. The zero-order chi connectivity index (χ0) is 8.60. The van der Waals surface area contributed by atoms with E-state index in [-0.39, 0.29) is 12.4 Å². The summed E-state index contributed by atoms with van der Waals surface area (Å²) in [5.41, 5.74) is 7.52. The summed E-state index contributed by atoms with van der Waals surface area (Å²) in [6.45, 7) is 3.38. The second-order valence-corrected chi connectivity index (χ2v) is 4.18. The first-order valence-corrected chi connectivity index (χ1v) is 4.60. The van der Waals surface area contributed by atoms with E-state index in [0.717, 1.165) is 6.54 Å². The minimum atomic E-state index is 0. The molecule has 1 aliphatic rings. The van der Waals surface area contributed by atoms with Gasteiger partial charge in [-0.2, -0.15) is 0 Å². The summed E-state index contributed by atoms with van der Waals surface area (Å²) >= 11 is 0. The standard InChI is InChI=1S/C11H15N.ClH/c1-11(8-12)6-9-4-2-3-5-10(9)7-11;/h2-5H,6-8,12H2,1H3;1H. The molecule has 0 saturated carbocycles. The Morgan fingerprint density at radius 2 is 1.69 bits per heavy atom. The molecule has 0 atom stereocenters. The van der Waals surface area contributed by atoms with Gasteiger partial charge in [0.2, 0.25) is 0 Å². The summed E-state index contributed by atoms with van der Waals surface area (Å²) in [6, 6.07) is 8.76. The monoisotopic (exact) mass is 197 g/mol. The third kappa shape index (κ3) is 1.87. The number of quaternary nitrogens is 1. The molecular formula is C11H16ClN. The van der Waals surface area contributed by atoms with Crippen LogP contribution in [0, 0.1) is 5.41 Å². The van der Waals surface area contributed by atoms with Gasteiger partial charge in [-0.1, -0.05) is 31.2 Å². The van der Waals surface area contributed by atoms with E-state index in [4.69, 9.17) is 0 Å². The van der Waals surface area contributed by atoms with Crippen molar-refractivity contribution in [1.29, 1.82) is 0 Å². The third-order valence-corrected chi connectivity index (χ3v) is 2.96. The van der Waals surface area contributed by atoms with Crippen molar-refractivity contribution in [2.45, 2.75) is 19.8 Å². The van der Waals surface area contributed by atoms with E-state index in [1.165, 1.54) is 24.0 Å². The van der Waals surface area contributed by atoms with Crippen molar-refractivity contribution in [2.24, 2.45) is 5.41 Å². The summed E-state index contributed by atoms with van der Waals surface area (Å²) < 4.78 is 0. The molecule has 1 aromatic rings. The number of hydrogen-bond acceptors (Lipinski definition) is 0. The van der Waals surface area contributed by atoms with Crippen LogP contribution in [0.1, 0.15) is 18.1 Å². The predicted octanol–water partition coefficient (Wildman–Crippen LogP) is -1.96. The molecule has 2 rings (SSSR count). The van der Waals surface area contributed by atoms with Crippen LogP contribution in [0.4, 0.5) is 0 Å². The molecule has 0 heterocycles. The van der Waals surface area contributed by atoms with Crippen LogP contribution in [-0.2, 0) is 12.8 Å². The highest BCUT2D eigenvalue weighted by atomic mass is 35.5. The lowest BCUT2D eigenvalue weighted by Crippen LogP contribution is -3.00. The molecule has 3 N–H and O–H groups in total. The van der Waals surface area contributed by atoms with E-state index in [9.17, 15) is 0 Å². The van der Waals surface area contributed by atoms with Gasteiger partial charge >= 0.3 is 0 Å². The van der Waals surface area contributed by atoms with Gasteiger partial charge in [0, 0.05) is 5.41 Å². The van der Waals surface area contributed by atoms with Gasteiger partial charge in [0.05, 0.1) is 6.54 Å². The highest BCUT2D eigenvalue weighted by molar-refractivity contribution is 5.33. The first-order valence-electron chi connectivity index (χ1n) is 4.60. The maximum absolute atomic E-state index is 4.02. The number of fused-ring (bicyclic) bond motifs is 1. The van der Waals surface area contributed by atoms with Crippen molar-refractivity contribution >= 4 is 0 Å². The Labute approximate surface area is 85.7 Å². The van der Waals surface area contributed by atoms with Gasteiger partial charge in [0.15, 0.2) is 0 Å². The molecule has 0 aliphatic heterocycles. The fraction of sp³-hybridized carbons (Fsp3) is 0.455.